The Morgan fingerprint density at radius 3 is 2.59 bits per heavy atom. The number of fused-ring (bicyclic) bond motifs is 1. The molecule has 0 saturated carbocycles. The van der Waals surface area contributed by atoms with Gasteiger partial charge in [0.2, 0.25) is 5.91 Å². The maximum absolute atomic E-state index is 13.4. The average Bonchev–Trinajstić information content (AvgIpc) is 2.86. The van der Waals surface area contributed by atoms with Crippen molar-refractivity contribution in [2.24, 2.45) is 5.41 Å². The Balaban J connectivity index is 1.82. The summed E-state index contributed by atoms with van der Waals surface area (Å²) in [7, 11) is 0. The van der Waals surface area contributed by atoms with Gasteiger partial charge in [0.1, 0.15) is 18.2 Å². The first-order valence-electron chi connectivity index (χ1n) is 9.47. The Morgan fingerprint density at radius 1 is 1.24 bits per heavy atom. The Morgan fingerprint density at radius 2 is 1.93 bits per heavy atom. The van der Waals surface area contributed by atoms with Crippen LogP contribution in [0.15, 0.2) is 42.5 Å². The summed E-state index contributed by atoms with van der Waals surface area (Å²) in [5.74, 6) is -0.434. The van der Waals surface area contributed by atoms with E-state index < -0.39 is 11.3 Å². The molecule has 1 heterocycles. The molecule has 154 valence electrons. The highest BCUT2D eigenvalue weighted by Gasteiger charge is 2.36. The van der Waals surface area contributed by atoms with Crippen molar-refractivity contribution in [1.82, 2.24) is 10.4 Å². The molecule has 0 radical (unpaired) electrons. The van der Waals surface area contributed by atoms with Crippen LogP contribution in [-0.4, -0.2) is 34.6 Å². The molecule has 6 nitrogen and oxygen atoms in total. The number of hydrogen-bond donors (Lipinski definition) is 2. The Bertz CT molecular complexity index is 912. The van der Waals surface area contributed by atoms with Crippen LogP contribution in [0.3, 0.4) is 0 Å². The van der Waals surface area contributed by atoms with E-state index in [9.17, 15) is 14.0 Å². The first kappa shape index (κ1) is 20.8. The molecule has 29 heavy (non-hydrogen) atoms. The van der Waals surface area contributed by atoms with E-state index in [0.29, 0.717) is 18.7 Å². The van der Waals surface area contributed by atoms with Gasteiger partial charge in [0, 0.05) is 23.1 Å². The minimum Gasteiger partial charge on any atom is -0.491 e. The summed E-state index contributed by atoms with van der Waals surface area (Å²) in [4.78, 5) is 26.8. The van der Waals surface area contributed by atoms with E-state index in [4.69, 9.17) is 9.94 Å². The lowest BCUT2D eigenvalue weighted by atomic mass is 9.83. The van der Waals surface area contributed by atoms with Crippen LogP contribution in [0, 0.1) is 11.2 Å². The van der Waals surface area contributed by atoms with Gasteiger partial charge in [0.25, 0.3) is 5.91 Å². The van der Waals surface area contributed by atoms with Crippen molar-refractivity contribution in [2.75, 3.05) is 6.61 Å². The number of halogens is 1. The van der Waals surface area contributed by atoms with Crippen molar-refractivity contribution in [3.63, 3.8) is 0 Å². The zero-order valence-corrected chi connectivity index (χ0v) is 16.7. The smallest absolute Gasteiger partial charge is 0.274 e. The van der Waals surface area contributed by atoms with Crippen LogP contribution in [0.25, 0.3) is 0 Å². The molecule has 7 heteroatoms. The standard InChI is InChI=1S/C22H25FN2O4/c1-14-13-29-19-10-16(20(26)24-28)6-7-17(19)12-25(14)21(27)22(2,3)11-15-4-8-18(23)9-5-15/h4-10,14,28H,11-13H2,1-3H3,(H,24,26)/t14-/m0/s1. The quantitative estimate of drug-likeness (QED) is 0.610. The third-order valence-corrected chi connectivity index (χ3v) is 5.18. The average molecular weight is 400 g/mol. The van der Waals surface area contributed by atoms with Gasteiger partial charge in [-0.25, -0.2) is 9.87 Å². The molecule has 0 unspecified atom stereocenters. The summed E-state index contributed by atoms with van der Waals surface area (Å²) >= 11 is 0. The van der Waals surface area contributed by atoms with Crippen LogP contribution in [0.4, 0.5) is 4.39 Å². The molecule has 3 rings (SSSR count). The van der Waals surface area contributed by atoms with Gasteiger partial charge in [-0.2, -0.15) is 0 Å². The molecule has 0 aromatic heterocycles. The van der Waals surface area contributed by atoms with Crippen molar-refractivity contribution in [3.05, 3.63) is 65.0 Å². The molecule has 1 aliphatic rings. The minimum absolute atomic E-state index is 0.0250. The number of hydrogen-bond acceptors (Lipinski definition) is 4. The maximum Gasteiger partial charge on any atom is 0.274 e. The number of amides is 2. The number of carbonyl (C=O) groups is 2. The van der Waals surface area contributed by atoms with Crippen LogP contribution in [0.5, 0.6) is 5.75 Å². The van der Waals surface area contributed by atoms with Crippen molar-refractivity contribution >= 4 is 11.8 Å². The van der Waals surface area contributed by atoms with Gasteiger partial charge in [-0.3, -0.25) is 14.8 Å². The monoisotopic (exact) mass is 400 g/mol. The van der Waals surface area contributed by atoms with Gasteiger partial charge in [-0.05, 0) is 43.2 Å². The van der Waals surface area contributed by atoms with Crippen LogP contribution in [-0.2, 0) is 17.8 Å². The zero-order valence-electron chi connectivity index (χ0n) is 16.7. The van der Waals surface area contributed by atoms with Crippen LogP contribution < -0.4 is 10.2 Å². The molecular weight excluding hydrogens is 375 g/mol. The molecule has 1 atom stereocenters. The lowest BCUT2D eigenvalue weighted by Gasteiger charge is -2.34. The van der Waals surface area contributed by atoms with E-state index in [2.05, 4.69) is 0 Å². The van der Waals surface area contributed by atoms with Crippen molar-refractivity contribution in [2.45, 2.75) is 39.8 Å². The first-order chi connectivity index (χ1) is 13.7. The normalized spacial score (nSPS) is 16.4. The Labute approximate surface area is 169 Å². The number of nitrogens with one attached hydrogen (secondary N) is 1. The summed E-state index contributed by atoms with van der Waals surface area (Å²) in [6, 6.07) is 10.9. The Kier molecular flexibility index (Phi) is 5.88. The fraction of sp³-hybridized carbons (Fsp3) is 0.364. The van der Waals surface area contributed by atoms with E-state index in [1.807, 2.05) is 20.8 Å². The molecule has 2 aromatic carbocycles. The summed E-state index contributed by atoms with van der Waals surface area (Å²) in [6.07, 6.45) is 0.485. The predicted octanol–water partition coefficient (Wildman–Crippen LogP) is 3.32. The van der Waals surface area contributed by atoms with Gasteiger partial charge in [0.15, 0.2) is 0 Å². The molecular formula is C22H25FN2O4. The third kappa shape index (κ3) is 4.56. The molecule has 1 aliphatic heterocycles. The molecule has 2 aromatic rings. The van der Waals surface area contributed by atoms with E-state index >= 15 is 0 Å². The van der Waals surface area contributed by atoms with Crippen LogP contribution in [0.2, 0.25) is 0 Å². The largest absolute Gasteiger partial charge is 0.491 e. The van der Waals surface area contributed by atoms with Crippen molar-refractivity contribution < 1.29 is 23.9 Å². The molecule has 0 bridgehead atoms. The molecule has 2 amide bonds. The highest BCUT2D eigenvalue weighted by Crippen LogP contribution is 2.31. The van der Waals surface area contributed by atoms with Gasteiger partial charge >= 0.3 is 0 Å². The number of rotatable bonds is 4. The second kappa shape index (κ2) is 8.21. The lowest BCUT2D eigenvalue weighted by molar-refractivity contribution is -0.143. The predicted molar refractivity (Wildman–Crippen MR) is 105 cm³/mol. The summed E-state index contributed by atoms with van der Waals surface area (Å²) in [5, 5.41) is 8.82. The molecule has 0 fully saturated rings. The molecule has 0 spiro atoms. The third-order valence-electron chi connectivity index (χ3n) is 5.18. The summed E-state index contributed by atoms with van der Waals surface area (Å²) in [5.41, 5.74) is 2.87. The number of ether oxygens (including phenoxy) is 1. The van der Waals surface area contributed by atoms with Gasteiger partial charge in [-0.15, -0.1) is 0 Å². The number of nitrogens with zero attached hydrogens (tertiary/aromatic N) is 1. The lowest BCUT2D eigenvalue weighted by Crippen LogP contribution is -2.47. The summed E-state index contributed by atoms with van der Waals surface area (Å²) < 4.78 is 19.0. The Hall–Kier alpha value is -2.93. The molecule has 2 N–H and O–H groups in total. The van der Waals surface area contributed by atoms with Gasteiger partial charge in [0.05, 0.1) is 6.04 Å². The van der Waals surface area contributed by atoms with E-state index in [1.165, 1.54) is 12.1 Å². The van der Waals surface area contributed by atoms with Gasteiger partial charge in [-0.1, -0.05) is 32.0 Å². The van der Waals surface area contributed by atoms with Crippen molar-refractivity contribution in [3.8, 4) is 5.75 Å². The molecule has 0 saturated heterocycles. The number of carbonyl (C=O) groups excluding carboxylic acids is 2. The first-order valence-corrected chi connectivity index (χ1v) is 9.47. The number of benzene rings is 2. The maximum atomic E-state index is 13.4. The topological polar surface area (TPSA) is 78.9 Å². The summed E-state index contributed by atoms with van der Waals surface area (Å²) in [6.45, 7) is 6.32. The zero-order chi connectivity index (χ0) is 21.2. The number of hydroxylamine groups is 1. The fourth-order valence-corrected chi connectivity index (χ4v) is 3.51. The minimum atomic E-state index is -0.687. The van der Waals surface area contributed by atoms with E-state index in [-0.39, 0.29) is 29.9 Å². The van der Waals surface area contributed by atoms with E-state index in [1.54, 1.807) is 40.7 Å². The fourth-order valence-electron chi connectivity index (χ4n) is 3.51. The highest BCUT2D eigenvalue weighted by molar-refractivity contribution is 5.93. The highest BCUT2D eigenvalue weighted by atomic mass is 19.1. The van der Waals surface area contributed by atoms with Crippen molar-refractivity contribution in [1.29, 1.82) is 0 Å². The van der Waals surface area contributed by atoms with Crippen LogP contribution in [0.1, 0.15) is 42.3 Å². The second-order valence-electron chi connectivity index (χ2n) is 8.04. The molecule has 0 aliphatic carbocycles. The van der Waals surface area contributed by atoms with Gasteiger partial charge < -0.3 is 9.64 Å². The van der Waals surface area contributed by atoms with E-state index in [0.717, 1.165) is 11.1 Å². The second-order valence-corrected chi connectivity index (χ2v) is 8.04. The SMILES string of the molecule is C[C@H]1COc2cc(C(=O)NO)ccc2CN1C(=O)C(C)(C)Cc1ccc(F)cc1. The van der Waals surface area contributed by atoms with Crippen LogP contribution >= 0.6 is 0 Å².